The minimum atomic E-state index is -0.528. The number of urea groups is 1. The van der Waals surface area contributed by atoms with Gasteiger partial charge in [-0.2, -0.15) is 0 Å². The number of benzene rings is 2. The molecule has 6 aliphatic rings. The van der Waals surface area contributed by atoms with Gasteiger partial charge in [-0.15, -0.1) is 0 Å². The summed E-state index contributed by atoms with van der Waals surface area (Å²) >= 11 is 6.22. The number of carbonyl (C=O) groups excluding carboxylic acids is 3. The Morgan fingerprint density at radius 1 is 0.907 bits per heavy atom. The zero-order valence-electron chi connectivity index (χ0n) is 25.1. The van der Waals surface area contributed by atoms with E-state index in [-0.39, 0.29) is 24.8 Å². The summed E-state index contributed by atoms with van der Waals surface area (Å²) in [6.07, 6.45) is 6.15. The minimum absolute atomic E-state index is 0.183. The number of hydrogen-bond acceptors (Lipinski definition) is 5. The van der Waals surface area contributed by atoms with Crippen LogP contribution in [0.2, 0.25) is 5.02 Å². The van der Waals surface area contributed by atoms with Gasteiger partial charge in [0.05, 0.1) is 13.1 Å². The lowest BCUT2D eigenvalue weighted by Crippen LogP contribution is -2.62. The molecule has 8 nitrogen and oxygen atoms in total. The molecule has 5 aliphatic heterocycles. The molecule has 226 valence electrons. The first kappa shape index (κ1) is 28.6. The number of piperazine rings is 1. The molecule has 9 heteroatoms. The fourth-order valence-corrected chi connectivity index (χ4v) is 7.90. The molecule has 8 rings (SSSR count). The molecule has 1 N–H and O–H groups in total. The summed E-state index contributed by atoms with van der Waals surface area (Å²) in [4.78, 5) is 42.4. The molecular formula is C34H40ClN5O3. The molecule has 2 bridgehead atoms. The van der Waals surface area contributed by atoms with E-state index in [4.69, 9.17) is 11.6 Å². The van der Waals surface area contributed by atoms with Crippen LogP contribution in [0.3, 0.4) is 0 Å². The largest absolute Gasteiger partial charge is 0.342 e. The maximum Gasteiger partial charge on any atom is 0.342 e. The van der Waals surface area contributed by atoms with E-state index in [1.807, 2.05) is 18.2 Å². The van der Waals surface area contributed by atoms with Crippen LogP contribution in [0, 0.1) is 5.41 Å². The summed E-state index contributed by atoms with van der Waals surface area (Å²) < 4.78 is 0. The van der Waals surface area contributed by atoms with Crippen LogP contribution in [0.25, 0.3) is 5.57 Å². The van der Waals surface area contributed by atoms with Gasteiger partial charge in [0.2, 0.25) is 5.91 Å². The number of allylic oxidation sites excluding steroid dienone is 1. The van der Waals surface area contributed by atoms with Gasteiger partial charge in [-0.25, -0.2) is 14.8 Å². The average molecular weight is 602 g/mol. The number of hydrazine groups is 1. The first-order valence-electron chi connectivity index (χ1n) is 15.6. The van der Waals surface area contributed by atoms with E-state index >= 15 is 0 Å². The van der Waals surface area contributed by atoms with Crippen molar-refractivity contribution in [1.29, 1.82) is 0 Å². The predicted molar refractivity (Wildman–Crippen MR) is 166 cm³/mol. The predicted octanol–water partition coefficient (Wildman–Crippen LogP) is 5.47. The first-order valence-corrected chi connectivity index (χ1v) is 16.0. The van der Waals surface area contributed by atoms with Crippen molar-refractivity contribution in [3.05, 3.63) is 75.3 Å². The van der Waals surface area contributed by atoms with E-state index in [0.29, 0.717) is 29.6 Å². The molecule has 2 aromatic carbocycles. The van der Waals surface area contributed by atoms with Crippen LogP contribution < -0.4 is 5.32 Å². The maximum absolute atomic E-state index is 13.1. The van der Waals surface area contributed by atoms with Crippen molar-refractivity contribution in [2.75, 3.05) is 26.2 Å². The van der Waals surface area contributed by atoms with Gasteiger partial charge in [-0.3, -0.25) is 24.7 Å². The third-order valence-electron chi connectivity index (χ3n) is 10.2. The Bertz CT molecular complexity index is 1500. The highest BCUT2D eigenvalue weighted by Gasteiger charge is 2.41. The SMILES string of the molecule is CC1(C)CCC(CN2CC3CCC2CN3Cc2ccc3c(c2)CN(N2CCC(=O)NC2=O)C3=O)=C(c2ccc(Cl)cc2)C1. The highest BCUT2D eigenvalue weighted by atomic mass is 35.5. The number of nitrogens with zero attached hydrogens (tertiary/aromatic N) is 4. The van der Waals surface area contributed by atoms with Crippen molar-refractivity contribution in [3.63, 3.8) is 0 Å². The monoisotopic (exact) mass is 601 g/mol. The molecule has 43 heavy (non-hydrogen) atoms. The van der Waals surface area contributed by atoms with Gasteiger partial charge in [-0.05, 0) is 78.0 Å². The standard InChI is InChI=1S/C34H40ClN5O3/c1-34(2)13-11-24(30(16-34)23-4-6-26(35)7-5-23)18-38-21-27-8-9-28(38)20-37(27)17-22-3-10-29-25(15-22)19-40(32(29)42)39-14-12-31(41)36-33(39)43/h3-7,10,15,27-28H,8-9,11-14,16-21H2,1-2H3,(H,36,41,43). The molecule has 5 heterocycles. The van der Waals surface area contributed by atoms with Crippen LogP contribution in [0.4, 0.5) is 4.79 Å². The van der Waals surface area contributed by atoms with Crippen molar-refractivity contribution in [2.45, 2.75) is 77.5 Å². The van der Waals surface area contributed by atoms with E-state index in [1.54, 1.807) is 5.57 Å². The molecule has 2 atom stereocenters. The molecule has 0 saturated carbocycles. The second kappa shape index (κ2) is 11.1. The number of halogens is 1. The Kier molecular flexibility index (Phi) is 7.35. The van der Waals surface area contributed by atoms with Crippen LogP contribution in [-0.2, 0) is 17.9 Å². The highest BCUT2D eigenvalue weighted by molar-refractivity contribution is 6.30. The Morgan fingerprint density at radius 2 is 1.63 bits per heavy atom. The van der Waals surface area contributed by atoms with Crippen LogP contribution in [0.5, 0.6) is 0 Å². The maximum atomic E-state index is 13.1. The Hall–Kier alpha value is -3.20. The average Bonchev–Trinajstić information content (AvgIpc) is 3.30. The van der Waals surface area contributed by atoms with Crippen LogP contribution >= 0.6 is 11.6 Å². The van der Waals surface area contributed by atoms with Gasteiger partial charge in [0.15, 0.2) is 0 Å². The van der Waals surface area contributed by atoms with E-state index in [2.05, 4.69) is 53.2 Å². The number of rotatable bonds is 6. The second-order valence-electron chi connectivity index (χ2n) is 13.8. The number of piperidine rings is 2. The second-order valence-corrected chi connectivity index (χ2v) is 14.2. The summed E-state index contributed by atoms with van der Waals surface area (Å²) in [6.45, 7) is 9.41. The number of carbonyl (C=O) groups is 3. The third-order valence-corrected chi connectivity index (χ3v) is 10.4. The van der Waals surface area contributed by atoms with Crippen molar-refractivity contribution >= 4 is 35.0 Å². The van der Waals surface area contributed by atoms with Crippen molar-refractivity contribution in [1.82, 2.24) is 25.1 Å². The Morgan fingerprint density at radius 3 is 2.33 bits per heavy atom. The normalized spacial score (nSPS) is 25.9. The first-order chi connectivity index (χ1) is 20.6. The Labute approximate surface area is 258 Å². The summed E-state index contributed by atoms with van der Waals surface area (Å²) in [6, 6.07) is 15.1. The highest BCUT2D eigenvalue weighted by Crippen LogP contribution is 2.44. The summed E-state index contributed by atoms with van der Waals surface area (Å²) in [7, 11) is 0. The summed E-state index contributed by atoms with van der Waals surface area (Å²) in [5, 5.41) is 5.93. The molecular weight excluding hydrogens is 562 g/mol. The molecule has 2 aromatic rings. The zero-order valence-corrected chi connectivity index (χ0v) is 25.8. The fraction of sp³-hybridized carbons (Fsp3) is 0.500. The molecule has 1 aliphatic carbocycles. The Balaban J connectivity index is 1.03. The number of nitrogens with one attached hydrogen (secondary N) is 1. The zero-order chi connectivity index (χ0) is 29.9. The number of imide groups is 1. The molecule has 0 spiro atoms. The van der Waals surface area contributed by atoms with Gasteiger partial charge in [0.25, 0.3) is 5.91 Å². The molecule has 4 fully saturated rings. The van der Waals surface area contributed by atoms with E-state index in [9.17, 15) is 14.4 Å². The van der Waals surface area contributed by atoms with Crippen LogP contribution in [0.15, 0.2) is 48.0 Å². The topological polar surface area (TPSA) is 76.2 Å². The van der Waals surface area contributed by atoms with Crippen molar-refractivity contribution in [2.24, 2.45) is 5.41 Å². The van der Waals surface area contributed by atoms with Gasteiger partial charge in [0, 0.05) is 55.3 Å². The van der Waals surface area contributed by atoms with Crippen LogP contribution in [-0.4, -0.2) is 75.9 Å². The lowest BCUT2D eigenvalue weighted by Gasteiger charge is -2.52. The number of amides is 4. The van der Waals surface area contributed by atoms with Crippen LogP contribution in [0.1, 0.15) is 79.4 Å². The van der Waals surface area contributed by atoms with Gasteiger partial charge >= 0.3 is 6.03 Å². The quantitative estimate of drug-likeness (QED) is 0.476. The minimum Gasteiger partial charge on any atom is -0.294 e. The van der Waals surface area contributed by atoms with Crippen molar-refractivity contribution in [3.8, 4) is 0 Å². The summed E-state index contributed by atoms with van der Waals surface area (Å²) in [5.41, 5.74) is 7.53. The number of hydrogen-bond donors (Lipinski definition) is 1. The lowest BCUT2D eigenvalue weighted by molar-refractivity contribution is -0.123. The van der Waals surface area contributed by atoms with E-state index < -0.39 is 6.03 Å². The fourth-order valence-electron chi connectivity index (χ4n) is 7.77. The molecule has 0 radical (unpaired) electrons. The summed E-state index contributed by atoms with van der Waals surface area (Å²) in [5.74, 6) is -0.486. The molecule has 4 amide bonds. The van der Waals surface area contributed by atoms with E-state index in [0.717, 1.165) is 49.6 Å². The lowest BCUT2D eigenvalue weighted by atomic mass is 9.72. The number of fused-ring (bicyclic) bond motifs is 4. The van der Waals surface area contributed by atoms with Gasteiger partial charge in [0.1, 0.15) is 0 Å². The van der Waals surface area contributed by atoms with Gasteiger partial charge < -0.3 is 0 Å². The van der Waals surface area contributed by atoms with Crippen molar-refractivity contribution < 1.29 is 14.4 Å². The van der Waals surface area contributed by atoms with E-state index in [1.165, 1.54) is 46.0 Å². The van der Waals surface area contributed by atoms with Gasteiger partial charge in [-0.1, -0.05) is 55.3 Å². The molecule has 0 aromatic heterocycles. The molecule has 2 unspecified atom stereocenters. The third kappa shape index (κ3) is 5.61. The molecule has 4 saturated heterocycles. The smallest absolute Gasteiger partial charge is 0.294 e.